The quantitative estimate of drug-likeness (QED) is 0.169. The molecule has 3 aliphatic heterocycles. The van der Waals surface area contributed by atoms with Crippen LogP contribution in [0.15, 0.2) is 79.3 Å². The average Bonchev–Trinajstić information content (AvgIpc) is 3.91. The van der Waals surface area contributed by atoms with E-state index in [1.54, 1.807) is 34.3 Å². The number of carbonyl (C=O) groups excluding carboxylic acids is 2. The molecule has 0 unspecified atom stereocenters. The van der Waals surface area contributed by atoms with Crippen LogP contribution in [-0.2, 0) is 20.9 Å². The molecule has 0 bridgehead atoms. The van der Waals surface area contributed by atoms with Gasteiger partial charge >= 0.3 is 0 Å². The molecule has 8 heterocycles. The lowest BCUT2D eigenvalue weighted by Gasteiger charge is -2.34. The Morgan fingerprint density at radius 3 is 2.54 bits per heavy atom. The molecule has 5 aromatic heterocycles. The maximum atomic E-state index is 12.2. The number of piperidine rings is 1. The Kier molecular flexibility index (Phi) is 10.2. The third-order valence-electron chi connectivity index (χ3n) is 10.6. The molecule has 0 saturated carbocycles. The SMILES string of the molecule is N#Cc1cnn2c(-c3cc(NC4CCOCC4)c(-c4nnc(N5CCN(Cc6ccc(Oc7ccc([C@@H]8CCC(=O)NC8=O)cn7)cc6)CC5)s4)cn3)ccc2c1. The number of pyridine rings is 2. The number of hydrogen-bond acceptors (Lipinski definition) is 14. The van der Waals surface area contributed by atoms with Crippen LogP contribution in [0.5, 0.6) is 11.6 Å². The first-order valence-corrected chi connectivity index (χ1v) is 19.9. The van der Waals surface area contributed by atoms with Crippen LogP contribution >= 0.6 is 11.3 Å². The number of fused-ring (bicyclic) bond motifs is 1. The summed E-state index contributed by atoms with van der Waals surface area (Å²) >= 11 is 1.58. The summed E-state index contributed by atoms with van der Waals surface area (Å²) in [5.41, 5.74) is 6.75. The van der Waals surface area contributed by atoms with Crippen molar-refractivity contribution in [3.05, 3.63) is 95.9 Å². The molecule has 57 heavy (non-hydrogen) atoms. The Labute approximate surface area is 332 Å². The lowest BCUT2D eigenvalue weighted by Crippen LogP contribution is -2.45. The number of rotatable bonds is 10. The fraction of sp³-hybridized carbons (Fsp3) is 0.317. The lowest BCUT2D eigenvalue weighted by atomic mass is 9.92. The van der Waals surface area contributed by atoms with Crippen molar-refractivity contribution in [1.82, 2.24) is 40.0 Å². The Morgan fingerprint density at radius 2 is 1.77 bits per heavy atom. The smallest absolute Gasteiger partial charge is 0.234 e. The Bertz CT molecular complexity index is 2450. The molecule has 2 N–H and O–H groups in total. The number of anilines is 2. The molecular weight excluding hydrogens is 743 g/mol. The monoisotopic (exact) mass is 781 g/mol. The standard InChI is InChI=1S/C41H39N11O4S/c42-21-27-19-30-4-8-36(52(30)45-22-27)35-20-34(46-29-11-17-55-18-12-29)33(24-43-35)40-48-49-41(57-40)51-15-13-50(14-16-51)25-26-1-5-31(6-2-26)56-38-10-3-28(23-44-38)32-7-9-37(53)47-39(32)54/h1-6,8,10,19-20,22-24,29,32H,7,9,11-18,25H2,(H,43,46)(H,47,53,54)/t32-/m0/s1. The fourth-order valence-electron chi connectivity index (χ4n) is 7.46. The fourth-order valence-corrected chi connectivity index (χ4v) is 8.38. The van der Waals surface area contributed by atoms with E-state index in [0.717, 1.165) is 103 Å². The zero-order valence-corrected chi connectivity index (χ0v) is 31.8. The molecule has 3 aliphatic rings. The van der Waals surface area contributed by atoms with Gasteiger partial charge in [0.15, 0.2) is 5.01 Å². The van der Waals surface area contributed by atoms with Gasteiger partial charge in [-0.1, -0.05) is 29.5 Å². The van der Waals surface area contributed by atoms with Crippen molar-refractivity contribution < 1.29 is 19.1 Å². The van der Waals surface area contributed by atoms with Crippen LogP contribution in [0, 0.1) is 11.3 Å². The molecule has 288 valence electrons. The van der Waals surface area contributed by atoms with Crippen molar-refractivity contribution in [2.24, 2.45) is 0 Å². The number of hydrogen-bond donors (Lipinski definition) is 2. The molecular formula is C41H39N11O4S. The number of imide groups is 1. The van der Waals surface area contributed by atoms with Gasteiger partial charge in [0, 0.05) is 82.5 Å². The molecule has 9 rings (SSSR count). The van der Waals surface area contributed by atoms with Gasteiger partial charge in [-0.15, -0.1) is 10.2 Å². The minimum Gasteiger partial charge on any atom is -0.439 e. The van der Waals surface area contributed by atoms with Crippen LogP contribution in [-0.4, -0.2) is 91.9 Å². The minimum atomic E-state index is -0.376. The van der Waals surface area contributed by atoms with Gasteiger partial charge in [0.25, 0.3) is 0 Å². The summed E-state index contributed by atoms with van der Waals surface area (Å²) < 4.78 is 13.4. The van der Waals surface area contributed by atoms with Crippen LogP contribution in [0.25, 0.3) is 27.5 Å². The third kappa shape index (κ3) is 8.03. The minimum absolute atomic E-state index is 0.233. The van der Waals surface area contributed by atoms with Gasteiger partial charge in [0.1, 0.15) is 11.8 Å². The predicted octanol–water partition coefficient (Wildman–Crippen LogP) is 5.41. The molecule has 3 saturated heterocycles. The molecule has 3 fully saturated rings. The van der Waals surface area contributed by atoms with Gasteiger partial charge < -0.3 is 19.7 Å². The molecule has 15 nitrogen and oxygen atoms in total. The number of nitrogens with one attached hydrogen (secondary N) is 2. The Balaban J connectivity index is 0.825. The third-order valence-corrected chi connectivity index (χ3v) is 11.6. The summed E-state index contributed by atoms with van der Waals surface area (Å²) in [6, 6.07) is 21.8. The second kappa shape index (κ2) is 16.1. The number of piperazine rings is 1. The first-order chi connectivity index (χ1) is 28.0. The lowest BCUT2D eigenvalue weighted by molar-refractivity contribution is -0.134. The number of aromatic nitrogens is 6. The van der Waals surface area contributed by atoms with Gasteiger partial charge in [-0.2, -0.15) is 10.4 Å². The van der Waals surface area contributed by atoms with Crippen molar-refractivity contribution in [3.63, 3.8) is 0 Å². The number of carbonyl (C=O) groups is 2. The molecule has 16 heteroatoms. The largest absolute Gasteiger partial charge is 0.439 e. The molecule has 6 aromatic rings. The number of benzene rings is 1. The molecule has 1 atom stereocenters. The van der Waals surface area contributed by atoms with E-state index < -0.39 is 0 Å². The average molecular weight is 782 g/mol. The molecule has 0 spiro atoms. The number of nitriles is 1. The molecule has 1 aromatic carbocycles. The highest BCUT2D eigenvalue weighted by atomic mass is 32.1. The first-order valence-electron chi connectivity index (χ1n) is 19.1. The van der Waals surface area contributed by atoms with E-state index in [2.05, 4.69) is 65.0 Å². The first kappa shape index (κ1) is 36.4. The van der Waals surface area contributed by atoms with E-state index in [0.29, 0.717) is 30.0 Å². The maximum Gasteiger partial charge on any atom is 0.234 e. The van der Waals surface area contributed by atoms with Gasteiger partial charge in [0.05, 0.1) is 40.1 Å². The van der Waals surface area contributed by atoms with E-state index in [4.69, 9.17) is 14.5 Å². The van der Waals surface area contributed by atoms with Crippen molar-refractivity contribution in [2.45, 2.75) is 44.2 Å². The number of ether oxygens (including phenoxy) is 2. The summed E-state index contributed by atoms with van der Waals surface area (Å²) in [7, 11) is 0. The van der Waals surface area contributed by atoms with Gasteiger partial charge in [-0.3, -0.25) is 24.8 Å². The molecule has 2 amide bonds. The van der Waals surface area contributed by atoms with Crippen molar-refractivity contribution in [1.29, 1.82) is 5.26 Å². The molecule has 0 aliphatic carbocycles. The highest BCUT2D eigenvalue weighted by Crippen LogP contribution is 2.37. The summed E-state index contributed by atoms with van der Waals surface area (Å²) in [5, 5.41) is 31.0. The predicted molar refractivity (Wildman–Crippen MR) is 213 cm³/mol. The second-order valence-corrected chi connectivity index (χ2v) is 15.3. The van der Waals surface area contributed by atoms with Crippen LogP contribution in [0.1, 0.15) is 48.3 Å². The van der Waals surface area contributed by atoms with Gasteiger partial charge in [-0.05, 0) is 66.8 Å². The normalized spacial score (nSPS) is 18.0. The highest BCUT2D eigenvalue weighted by molar-refractivity contribution is 7.18. The summed E-state index contributed by atoms with van der Waals surface area (Å²) in [6.07, 6.45) is 7.71. The van der Waals surface area contributed by atoms with Crippen molar-refractivity contribution >= 4 is 39.5 Å². The van der Waals surface area contributed by atoms with Crippen molar-refractivity contribution in [3.8, 4) is 39.7 Å². The molecule has 0 radical (unpaired) electrons. The maximum absolute atomic E-state index is 12.2. The Hall–Kier alpha value is -6.28. The van der Waals surface area contributed by atoms with Crippen LogP contribution < -0.4 is 20.3 Å². The highest BCUT2D eigenvalue weighted by Gasteiger charge is 2.28. The van der Waals surface area contributed by atoms with Crippen LogP contribution in [0.4, 0.5) is 10.8 Å². The van der Waals surface area contributed by atoms with Gasteiger partial charge in [0.2, 0.25) is 22.8 Å². The van der Waals surface area contributed by atoms with Crippen LogP contribution in [0.2, 0.25) is 0 Å². The van der Waals surface area contributed by atoms with E-state index in [1.807, 2.05) is 42.6 Å². The number of amides is 2. The van der Waals surface area contributed by atoms with Crippen molar-refractivity contribution in [2.75, 3.05) is 49.6 Å². The van der Waals surface area contributed by atoms with Crippen LogP contribution in [0.3, 0.4) is 0 Å². The van der Waals surface area contributed by atoms with Gasteiger partial charge in [-0.25, -0.2) is 9.50 Å². The summed E-state index contributed by atoms with van der Waals surface area (Å²) in [4.78, 5) is 37.7. The zero-order chi connectivity index (χ0) is 38.7. The van der Waals surface area contributed by atoms with E-state index in [-0.39, 0.29) is 23.8 Å². The topological polar surface area (TPSA) is 176 Å². The zero-order valence-electron chi connectivity index (χ0n) is 31.0. The summed E-state index contributed by atoms with van der Waals surface area (Å²) in [5.74, 6) is 0.228. The summed E-state index contributed by atoms with van der Waals surface area (Å²) in [6.45, 7) is 5.71. The Morgan fingerprint density at radius 1 is 0.930 bits per heavy atom. The second-order valence-electron chi connectivity index (χ2n) is 14.4. The number of nitrogens with zero attached hydrogens (tertiary/aromatic N) is 9. The van der Waals surface area contributed by atoms with E-state index in [1.165, 1.54) is 5.56 Å². The van der Waals surface area contributed by atoms with E-state index in [9.17, 15) is 14.9 Å². The van der Waals surface area contributed by atoms with E-state index >= 15 is 0 Å².